The first-order valence-corrected chi connectivity index (χ1v) is 9.86. The van der Waals surface area contributed by atoms with Crippen molar-refractivity contribution in [3.63, 3.8) is 0 Å². The van der Waals surface area contributed by atoms with Crippen molar-refractivity contribution in [2.24, 2.45) is 5.92 Å². The zero-order valence-electron chi connectivity index (χ0n) is 15.5. The second-order valence-electron chi connectivity index (χ2n) is 6.99. The number of benzene rings is 1. The third-order valence-electron chi connectivity index (χ3n) is 5.14. The van der Waals surface area contributed by atoms with E-state index in [0.717, 1.165) is 0 Å². The first-order chi connectivity index (χ1) is 11.8. The first-order valence-electron chi connectivity index (χ1n) is 9.86. The zero-order chi connectivity index (χ0) is 17.0. The Kier molecular flexibility index (Phi) is 8.65. The minimum atomic E-state index is 0.559. The van der Waals surface area contributed by atoms with Crippen molar-refractivity contribution in [2.75, 3.05) is 0 Å². The quantitative estimate of drug-likeness (QED) is 0.410. The summed E-state index contributed by atoms with van der Waals surface area (Å²) in [6.07, 6.45) is 17.9. The lowest BCUT2D eigenvalue weighted by atomic mass is 9.86. The van der Waals surface area contributed by atoms with Gasteiger partial charge in [0.2, 0.25) is 0 Å². The van der Waals surface area contributed by atoms with E-state index in [-0.39, 0.29) is 0 Å². The SMILES string of the molecule is CCCCCCCCC(Cc1ccccc1)C(CC)n1ccnc1. The normalized spacial score (nSPS) is 13.8. The van der Waals surface area contributed by atoms with Gasteiger partial charge in [-0.15, -0.1) is 0 Å². The van der Waals surface area contributed by atoms with E-state index in [1.165, 1.54) is 63.4 Å². The van der Waals surface area contributed by atoms with Crippen molar-refractivity contribution in [2.45, 2.75) is 77.7 Å². The van der Waals surface area contributed by atoms with Gasteiger partial charge in [0.15, 0.2) is 0 Å². The minimum absolute atomic E-state index is 0.559. The summed E-state index contributed by atoms with van der Waals surface area (Å²) in [5, 5.41) is 0. The molecule has 1 aromatic heterocycles. The van der Waals surface area contributed by atoms with E-state index in [9.17, 15) is 0 Å². The third-order valence-corrected chi connectivity index (χ3v) is 5.14. The Morgan fingerprint density at radius 2 is 1.71 bits per heavy atom. The standard InChI is InChI=1S/C22H34N2/c1-3-5-6-7-8-12-15-21(18-20-13-10-9-11-14-20)22(4-2)24-17-16-23-19-24/h9-11,13-14,16-17,19,21-22H,3-8,12,15,18H2,1-2H3. The van der Waals surface area contributed by atoms with Crippen molar-refractivity contribution in [1.29, 1.82) is 0 Å². The summed E-state index contributed by atoms with van der Waals surface area (Å²) in [6, 6.07) is 11.5. The Bertz CT molecular complexity index is 518. The van der Waals surface area contributed by atoms with Crippen LogP contribution in [0.5, 0.6) is 0 Å². The molecule has 0 amide bonds. The number of imidazole rings is 1. The number of aromatic nitrogens is 2. The molecule has 132 valence electrons. The molecule has 0 aliphatic heterocycles. The van der Waals surface area contributed by atoms with E-state index in [1.54, 1.807) is 0 Å². The minimum Gasteiger partial charge on any atom is -0.334 e. The predicted octanol–water partition coefficient (Wildman–Crippen LogP) is 6.44. The van der Waals surface area contributed by atoms with Gasteiger partial charge in [0.25, 0.3) is 0 Å². The van der Waals surface area contributed by atoms with Crippen LogP contribution < -0.4 is 0 Å². The molecule has 2 atom stereocenters. The van der Waals surface area contributed by atoms with Crippen LogP contribution in [0, 0.1) is 5.92 Å². The molecule has 0 N–H and O–H groups in total. The molecule has 2 aromatic rings. The fourth-order valence-electron chi connectivity index (χ4n) is 3.79. The zero-order valence-corrected chi connectivity index (χ0v) is 15.5. The number of hydrogen-bond donors (Lipinski definition) is 0. The molecule has 0 aliphatic rings. The lowest BCUT2D eigenvalue weighted by molar-refractivity contribution is 0.290. The lowest BCUT2D eigenvalue weighted by Crippen LogP contribution is -2.20. The molecular formula is C22H34N2. The highest BCUT2D eigenvalue weighted by Gasteiger charge is 2.21. The second-order valence-corrected chi connectivity index (χ2v) is 6.99. The van der Waals surface area contributed by atoms with Gasteiger partial charge in [-0.05, 0) is 30.7 Å². The van der Waals surface area contributed by atoms with Crippen molar-refractivity contribution < 1.29 is 0 Å². The molecule has 0 aliphatic carbocycles. The first kappa shape index (κ1) is 18.8. The highest BCUT2D eigenvalue weighted by atomic mass is 15.1. The highest BCUT2D eigenvalue weighted by molar-refractivity contribution is 5.15. The average Bonchev–Trinajstić information content (AvgIpc) is 3.13. The monoisotopic (exact) mass is 326 g/mol. The van der Waals surface area contributed by atoms with E-state index in [1.807, 2.05) is 12.5 Å². The van der Waals surface area contributed by atoms with Gasteiger partial charge in [-0.2, -0.15) is 0 Å². The van der Waals surface area contributed by atoms with Gasteiger partial charge in [0.1, 0.15) is 0 Å². The molecule has 0 bridgehead atoms. The topological polar surface area (TPSA) is 17.8 Å². The molecule has 2 nitrogen and oxygen atoms in total. The Morgan fingerprint density at radius 1 is 0.958 bits per heavy atom. The van der Waals surface area contributed by atoms with Crippen molar-refractivity contribution >= 4 is 0 Å². The molecule has 0 radical (unpaired) electrons. The summed E-state index contributed by atoms with van der Waals surface area (Å²) in [5.74, 6) is 0.692. The maximum Gasteiger partial charge on any atom is 0.0948 e. The Morgan fingerprint density at radius 3 is 2.38 bits per heavy atom. The summed E-state index contributed by atoms with van der Waals surface area (Å²) in [4.78, 5) is 4.27. The van der Waals surface area contributed by atoms with Crippen LogP contribution in [-0.2, 0) is 6.42 Å². The van der Waals surface area contributed by atoms with E-state index in [4.69, 9.17) is 0 Å². The maximum absolute atomic E-state index is 4.27. The van der Waals surface area contributed by atoms with Crippen LogP contribution >= 0.6 is 0 Å². The summed E-state index contributed by atoms with van der Waals surface area (Å²) in [7, 11) is 0. The molecule has 2 heteroatoms. The van der Waals surface area contributed by atoms with Gasteiger partial charge in [-0.1, -0.05) is 82.7 Å². The van der Waals surface area contributed by atoms with Gasteiger partial charge < -0.3 is 4.57 Å². The van der Waals surface area contributed by atoms with Gasteiger partial charge in [0.05, 0.1) is 6.33 Å². The summed E-state index contributed by atoms with van der Waals surface area (Å²) >= 11 is 0. The molecular weight excluding hydrogens is 292 g/mol. The molecule has 2 unspecified atom stereocenters. The molecule has 0 saturated carbocycles. The summed E-state index contributed by atoms with van der Waals surface area (Å²) < 4.78 is 2.32. The van der Waals surface area contributed by atoms with Gasteiger partial charge in [-0.3, -0.25) is 0 Å². The van der Waals surface area contributed by atoms with Crippen molar-refractivity contribution in [1.82, 2.24) is 9.55 Å². The van der Waals surface area contributed by atoms with E-state index >= 15 is 0 Å². The van der Waals surface area contributed by atoms with Crippen molar-refractivity contribution in [3.05, 3.63) is 54.6 Å². The summed E-state index contributed by atoms with van der Waals surface area (Å²) in [5.41, 5.74) is 1.46. The van der Waals surface area contributed by atoms with Crippen molar-refractivity contribution in [3.8, 4) is 0 Å². The molecule has 1 heterocycles. The molecule has 2 rings (SSSR count). The fraction of sp³-hybridized carbons (Fsp3) is 0.591. The maximum atomic E-state index is 4.27. The van der Waals surface area contributed by atoms with Crippen LogP contribution in [-0.4, -0.2) is 9.55 Å². The van der Waals surface area contributed by atoms with Gasteiger partial charge in [-0.25, -0.2) is 4.98 Å². The lowest BCUT2D eigenvalue weighted by Gasteiger charge is -2.28. The average molecular weight is 327 g/mol. The van der Waals surface area contributed by atoms with Gasteiger partial charge >= 0.3 is 0 Å². The van der Waals surface area contributed by atoms with E-state index < -0.39 is 0 Å². The Balaban J connectivity index is 1.95. The molecule has 0 saturated heterocycles. The second kappa shape index (κ2) is 11.1. The fourth-order valence-corrected chi connectivity index (χ4v) is 3.79. The smallest absolute Gasteiger partial charge is 0.0948 e. The molecule has 0 spiro atoms. The summed E-state index contributed by atoms with van der Waals surface area (Å²) in [6.45, 7) is 4.59. The number of hydrogen-bond acceptors (Lipinski definition) is 1. The van der Waals surface area contributed by atoms with Crippen LogP contribution in [0.3, 0.4) is 0 Å². The predicted molar refractivity (Wildman–Crippen MR) is 103 cm³/mol. The number of rotatable bonds is 12. The van der Waals surface area contributed by atoms with Crippen LogP contribution in [0.2, 0.25) is 0 Å². The van der Waals surface area contributed by atoms with Crippen LogP contribution in [0.1, 0.15) is 76.8 Å². The molecule has 24 heavy (non-hydrogen) atoms. The highest BCUT2D eigenvalue weighted by Crippen LogP contribution is 2.30. The number of unbranched alkanes of at least 4 members (excludes halogenated alkanes) is 5. The van der Waals surface area contributed by atoms with Crippen LogP contribution in [0.25, 0.3) is 0 Å². The Hall–Kier alpha value is -1.57. The van der Waals surface area contributed by atoms with Gasteiger partial charge in [0, 0.05) is 18.4 Å². The van der Waals surface area contributed by atoms with E-state index in [0.29, 0.717) is 12.0 Å². The third kappa shape index (κ3) is 6.14. The van der Waals surface area contributed by atoms with Crippen LogP contribution in [0.4, 0.5) is 0 Å². The largest absolute Gasteiger partial charge is 0.334 e. The molecule has 0 fully saturated rings. The Labute approximate surface area is 148 Å². The van der Waals surface area contributed by atoms with E-state index in [2.05, 4.69) is 59.9 Å². The molecule has 1 aromatic carbocycles. The van der Waals surface area contributed by atoms with Crippen LogP contribution in [0.15, 0.2) is 49.1 Å². The number of nitrogens with zero attached hydrogens (tertiary/aromatic N) is 2.